The van der Waals surface area contributed by atoms with Crippen molar-refractivity contribution in [2.45, 2.75) is 19.4 Å². The van der Waals surface area contributed by atoms with Crippen LogP contribution in [-0.4, -0.2) is 60.9 Å². The molecule has 5 nitrogen and oxygen atoms in total. The second-order valence-corrected chi connectivity index (χ2v) is 8.95. The number of quaternary nitrogens is 1. The number of rotatable bonds is 3. The van der Waals surface area contributed by atoms with Gasteiger partial charge in [-0.2, -0.15) is 0 Å². The van der Waals surface area contributed by atoms with Crippen molar-refractivity contribution < 1.29 is 14.5 Å². The molecule has 0 aromatic carbocycles. The number of nitrogens with one attached hydrogen (secondary N) is 1. The third-order valence-corrected chi connectivity index (χ3v) is 7.42. The van der Waals surface area contributed by atoms with Gasteiger partial charge < -0.3 is 14.7 Å². The zero-order valence-corrected chi connectivity index (χ0v) is 16.6. The number of carbonyl (C=O) groups excluding carboxylic acids is 2. The van der Waals surface area contributed by atoms with Crippen LogP contribution in [0.25, 0.3) is 0 Å². The van der Waals surface area contributed by atoms with Crippen LogP contribution >= 0.6 is 22.7 Å². The Hall–Kier alpha value is -1.70. The van der Waals surface area contributed by atoms with Crippen LogP contribution in [0.3, 0.4) is 0 Å². The first kappa shape index (κ1) is 17.7. The van der Waals surface area contributed by atoms with Gasteiger partial charge in [-0.25, -0.2) is 0 Å². The molecular formula is C19H24N3O2S2+. The maximum Gasteiger partial charge on any atom is 0.277 e. The predicted molar refractivity (Wildman–Crippen MR) is 104 cm³/mol. The topological polar surface area (TPSA) is 45.1 Å². The summed E-state index contributed by atoms with van der Waals surface area (Å²) in [5, 5.41) is 4.09. The summed E-state index contributed by atoms with van der Waals surface area (Å²) in [6.45, 7) is 6.34. The van der Waals surface area contributed by atoms with Crippen molar-refractivity contribution in [1.29, 1.82) is 0 Å². The van der Waals surface area contributed by atoms with Gasteiger partial charge in [0.05, 0.1) is 11.4 Å². The zero-order chi connectivity index (χ0) is 18.1. The van der Waals surface area contributed by atoms with E-state index in [-0.39, 0.29) is 11.8 Å². The minimum Gasteiger partial charge on any atom is -0.334 e. The smallest absolute Gasteiger partial charge is 0.277 e. The highest BCUT2D eigenvalue weighted by atomic mass is 32.1. The number of piperazine rings is 1. The summed E-state index contributed by atoms with van der Waals surface area (Å²) in [5.74, 6) is 0.307. The van der Waals surface area contributed by atoms with E-state index in [9.17, 15) is 9.59 Å². The van der Waals surface area contributed by atoms with Crippen molar-refractivity contribution in [3.8, 4) is 0 Å². The minimum absolute atomic E-state index is 0.0902. The largest absolute Gasteiger partial charge is 0.334 e. The lowest BCUT2D eigenvalue weighted by Crippen LogP contribution is -3.14. The highest BCUT2D eigenvalue weighted by Gasteiger charge is 2.32. The summed E-state index contributed by atoms with van der Waals surface area (Å²) in [6, 6.07) is 6.36. The summed E-state index contributed by atoms with van der Waals surface area (Å²) < 4.78 is 0. The van der Waals surface area contributed by atoms with Crippen molar-refractivity contribution in [1.82, 2.24) is 9.80 Å². The van der Waals surface area contributed by atoms with E-state index in [1.807, 2.05) is 38.6 Å². The number of nitrogens with zero attached hydrogens (tertiary/aromatic N) is 2. The number of carbonyl (C=O) groups is 2. The number of thiophene rings is 2. The molecule has 1 fully saturated rings. The van der Waals surface area contributed by atoms with E-state index in [1.54, 1.807) is 0 Å². The Morgan fingerprint density at radius 2 is 1.88 bits per heavy atom. The Balaban J connectivity index is 1.31. The molecule has 138 valence electrons. The van der Waals surface area contributed by atoms with Gasteiger partial charge in [-0.05, 0) is 29.8 Å². The van der Waals surface area contributed by atoms with Crippen molar-refractivity contribution in [3.05, 3.63) is 44.3 Å². The van der Waals surface area contributed by atoms with Gasteiger partial charge in [-0.15, -0.1) is 22.7 Å². The van der Waals surface area contributed by atoms with Crippen molar-refractivity contribution in [2.75, 3.05) is 39.3 Å². The molecule has 0 bridgehead atoms. The van der Waals surface area contributed by atoms with Gasteiger partial charge in [0.2, 0.25) is 0 Å². The Morgan fingerprint density at radius 3 is 2.62 bits per heavy atom. The van der Waals surface area contributed by atoms with Crippen LogP contribution in [0.2, 0.25) is 0 Å². The van der Waals surface area contributed by atoms with E-state index in [2.05, 4.69) is 18.4 Å². The average Bonchev–Trinajstić information content (AvgIpc) is 3.35. The summed E-state index contributed by atoms with van der Waals surface area (Å²) in [4.78, 5) is 32.6. The van der Waals surface area contributed by atoms with Crippen LogP contribution in [0.1, 0.15) is 33.1 Å². The summed E-state index contributed by atoms with van der Waals surface area (Å²) in [6.07, 6.45) is 1.07. The van der Waals surface area contributed by atoms with Gasteiger partial charge in [0.1, 0.15) is 6.04 Å². The molecule has 1 saturated heterocycles. The fraction of sp³-hybridized carbons (Fsp3) is 0.474. The maximum atomic E-state index is 12.8. The lowest BCUT2D eigenvalue weighted by Gasteiger charge is -2.36. The quantitative estimate of drug-likeness (QED) is 0.859. The molecule has 2 aliphatic heterocycles. The second kappa shape index (κ2) is 7.50. The van der Waals surface area contributed by atoms with Gasteiger partial charge in [0.15, 0.2) is 6.54 Å². The lowest BCUT2D eigenvalue weighted by atomic mass is 10.0. The van der Waals surface area contributed by atoms with Crippen molar-refractivity contribution in [2.24, 2.45) is 0 Å². The summed E-state index contributed by atoms with van der Waals surface area (Å²) in [5.41, 5.74) is 1.41. The SMILES string of the molecule is C[C@@H]1c2ccsc2CC[NH+]1CC(=O)N1CCN(C(=O)c2cccs2)CC1. The Bertz CT molecular complexity index is 779. The molecule has 2 aliphatic rings. The molecule has 26 heavy (non-hydrogen) atoms. The Kier molecular flexibility index (Phi) is 5.11. The Morgan fingerprint density at radius 1 is 1.12 bits per heavy atom. The fourth-order valence-electron chi connectivity index (χ4n) is 3.91. The van der Waals surface area contributed by atoms with Crippen LogP contribution in [0.4, 0.5) is 0 Å². The minimum atomic E-state index is 0.0902. The molecule has 0 saturated carbocycles. The maximum absolute atomic E-state index is 12.8. The van der Waals surface area contributed by atoms with Crippen LogP contribution in [0.5, 0.6) is 0 Å². The summed E-state index contributed by atoms with van der Waals surface area (Å²) >= 11 is 3.31. The lowest BCUT2D eigenvalue weighted by molar-refractivity contribution is -0.924. The molecule has 0 radical (unpaired) electrons. The predicted octanol–water partition coefficient (Wildman–Crippen LogP) is 1.30. The first-order valence-electron chi connectivity index (χ1n) is 9.15. The zero-order valence-electron chi connectivity index (χ0n) is 14.9. The fourth-order valence-corrected chi connectivity index (χ4v) is 5.58. The van der Waals surface area contributed by atoms with Crippen LogP contribution in [0, 0.1) is 0 Å². The number of hydrogen-bond acceptors (Lipinski definition) is 4. The molecule has 4 rings (SSSR count). The van der Waals surface area contributed by atoms with E-state index >= 15 is 0 Å². The molecule has 1 N–H and O–H groups in total. The third kappa shape index (κ3) is 3.43. The van der Waals surface area contributed by atoms with Gasteiger partial charge >= 0.3 is 0 Å². The van der Waals surface area contributed by atoms with Crippen LogP contribution < -0.4 is 4.90 Å². The normalized spacial score (nSPS) is 23.0. The van der Waals surface area contributed by atoms with Crippen LogP contribution in [0.15, 0.2) is 29.0 Å². The molecule has 2 atom stereocenters. The van der Waals surface area contributed by atoms with Gasteiger partial charge in [0, 0.05) is 43.0 Å². The first-order valence-corrected chi connectivity index (χ1v) is 10.9. The average molecular weight is 391 g/mol. The third-order valence-electron chi connectivity index (χ3n) is 5.56. The van der Waals surface area contributed by atoms with E-state index in [0.29, 0.717) is 38.8 Å². The molecule has 2 aromatic heterocycles. The number of hydrogen-bond donors (Lipinski definition) is 1. The van der Waals surface area contributed by atoms with Crippen molar-refractivity contribution in [3.63, 3.8) is 0 Å². The van der Waals surface area contributed by atoms with Crippen LogP contribution in [-0.2, 0) is 11.2 Å². The molecular weight excluding hydrogens is 366 g/mol. The monoisotopic (exact) mass is 390 g/mol. The van der Waals surface area contributed by atoms with E-state index in [0.717, 1.165) is 17.8 Å². The highest BCUT2D eigenvalue weighted by Crippen LogP contribution is 2.24. The molecule has 2 aromatic rings. The molecule has 4 heterocycles. The molecule has 2 amide bonds. The van der Waals surface area contributed by atoms with Gasteiger partial charge in [-0.1, -0.05) is 6.07 Å². The molecule has 1 unspecified atom stereocenters. The molecule has 7 heteroatoms. The Labute approximate surface area is 161 Å². The van der Waals surface area contributed by atoms with E-state index in [1.165, 1.54) is 26.7 Å². The molecule has 0 aliphatic carbocycles. The van der Waals surface area contributed by atoms with E-state index < -0.39 is 0 Å². The van der Waals surface area contributed by atoms with Gasteiger partial charge in [0.25, 0.3) is 11.8 Å². The molecule has 0 spiro atoms. The van der Waals surface area contributed by atoms with Crippen molar-refractivity contribution >= 4 is 34.5 Å². The summed E-state index contributed by atoms with van der Waals surface area (Å²) in [7, 11) is 0. The number of fused-ring (bicyclic) bond motifs is 1. The second-order valence-electron chi connectivity index (χ2n) is 7.01. The number of amides is 2. The highest BCUT2D eigenvalue weighted by molar-refractivity contribution is 7.12. The van der Waals surface area contributed by atoms with Gasteiger partial charge in [-0.3, -0.25) is 9.59 Å². The standard InChI is InChI=1S/C19H23N3O2S2/c1-14-15-5-12-26-16(15)4-6-22(14)13-18(23)20-7-9-21(10-8-20)19(24)17-3-2-11-25-17/h2-3,5,11-12,14H,4,6-10,13H2,1H3/p+1/t14-/m1/s1. The first-order chi connectivity index (χ1) is 12.6. The van der Waals surface area contributed by atoms with E-state index in [4.69, 9.17) is 0 Å².